The van der Waals surface area contributed by atoms with E-state index < -0.39 is 44.5 Å². The van der Waals surface area contributed by atoms with E-state index in [4.69, 9.17) is 19.6 Å². The molecule has 118 valence electrons. The second-order valence-corrected chi connectivity index (χ2v) is 5.70. The first-order valence-corrected chi connectivity index (χ1v) is 7.35. The molecule has 0 radical (unpaired) electrons. The number of aromatic nitrogens is 1. The fourth-order valence-electron chi connectivity index (χ4n) is 1.96. The minimum Gasteiger partial charge on any atom is -0.508 e. The van der Waals surface area contributed by atoms with Crippen molar-refractivity contribution in [3.05, 3.63) is 28.7 Å². The third-order valence-corrected chi connectivity index (χ3v) is 3.44. The van der Waals surface area contributed by atoms with Gasteiger partial charge < -0.3 is 29.8 Å². The number of hydrogen-bond acceptors (Lipinski definition) is 7. The van der Waals surface area contributed by atoms with Crippen molar-refractivity contribution in [3.8, 4) is 5.75 Å². The third kappa shape index (κ3) is 3.69. The van der Waals surface area contributed by atoms with E-state index in [9.17, 15) is 19.6 Å². The molecular formula is C10H14NO9P. The van der Waals surface area contributed by atoms with Crippen LogP contribution in [0.3, 0.4) is 0 Å². The summed E-state index contributed by atoms with van der Waals surface area (Å²) in [7, 11) is -4.75. The summed E-state index contributed by atoms with van der Waals surface area (Å²) < 4.78 is 21.0. The maximum atomic E-state index is 11.7. The average Bonchev–Trinajstić information content (AvgIpc) is 2.64. The summed E-state index contributed by atoms with van der Waals surface area (Å²) >= 11 is 0. The van der Waals surface area contributed by atoms with Crippen LogP contribution in [0.1, 0.15) is 6.23 Å². The second kappa shape index (κ2) is 5.85. The number of hydrogen-bond donors (Lipinski definition) is 5. The van der Waals surface area contributed by atoms with Gasteiger partial charge in [0, 0.05) is 12.3 Å². The quantitative estimate of drug-likeness (QED) is 0.406. The van der Waals surface area contributed by atoms with E-state index in [1.165, 1.54) is 6.07 Å². The molecule has 4 atom stereocenters. The molecule has 2 rings (SSSR count). The number of aromatic hydroxyl groups is 1. The lowest BCUT2D eigenvalue weighted by molar-refractivity contribution is -0.0537. The Morgan fingerprint density at radius 1 is 1.33 bits per heavy atom. The number of nitrogens with zero attached hydrogens (tertiary/aromatic N) is 1. The third-order valence-electron chi connectivity index (χ3n) is 2.95. The van der Waals surface area contributed by atoms with Crippen molar-refractivity contribution in [2.75, 3.05) is 6.61 Å². The summed E-state index contributed by atoms with van der Waals surface area (Å²) in [6, 6.07) is 2.07. The van der Waals surface area contributed by atoms with Gasteiger partial charge in [-0.25, -0.2) is 4.57 Å². The minimum absolute atomic E-state index is 0.273. The zero-order chi connectivity index (χ0) is 15.8. The maximum absolute atomic E-state index is 11.7. The van der Waals surface area contributed by atoms with Crippen molar-refractivity contribution in [3.63, 3.8) is 0 Å². The lowest BCUT2D eigenvalue weighted by atomic mass is 10.1. The van der Waals surface area contributed by atoms with E-state index >= 15 is 0 Å². The summed E-state index contributed by atoms with van der Waals surface area (Å²) in [5.74, 6) is -0.273. The summed E-state index contributed by atoms with van der Waals surface area (Å²) in [4.78, 5) is 28.9. The largest absolute Gasteiger partial charge is 0.508 e. The number of phosphoric acid groups is 1. The Bertz CT molecular complexity index is 611. The highest BCUT2D eigenvalue weighted by Crippen LogP contribution is 2.38. The van der Waals surface area contributed by atoms with Gasteiger partial charge >= 0.3 is 7.82 Å². The molecule has 0 aromatic carbocycles. The van der Waals surface area contributed by atoms with Gasteiger partial charge in [-0.2, -0.15) is 0 Å². The predicted molar refractivity (Wildman–Crippen MR) is 66.3 cm³/mol. The van der Waals surface area contributed by atoms with Crippen molar-refractivity contribution in [2.24, 2.45) is 0 Å². The lowest BCUT2D eigenvalue weighted by Gasteiger charge is -2.17. The SMILES string of the molecule is O=c1cc(O)ccn1[C@@H]1O[C@H](COP(=O)(O)O)[C@@H](O)[C@H]1O. The van der Waals surface area contributed by atoms with E-state index in [1.807, 2.05) is 0 Å². The van der Waals surface area contributed by atoms with Gasteiger partial charge in [-0.05, 0) is 6.07 Å². The number of aliphatic hydroxyl groups is 2. The van der Waals surface area contributed by atoms with Crippen LogP contribution in [0.2, 0.25) is 0 Å². The summed E-state index contributed by atoms with van der Waals surface area (Å²) in [5.41, 5.74) is -0.678. The van der Waals surface area contributed by atoms with Crippen LogP contribution in [0.25, 0.3) is 0 Å². The minimum atomic E-state index is -4.75. The van der Waals surface area contributed by atoms with Crippen molar-refractivity contribution >= 4 is 7.82 Å². The molecule has 1 aliphatic heterocycles. The smallest absolute Gasteiger partial charge is 0.469 e. The molecule has 0 amide bonds. The highest BCUT2D eigenvalue weighted by Gasteiger charge is 2.44. The first-order chi connectivity index (χ1) is 9.69. The fraction of sp³-hybridized carbons (Fsp3) is 0.500. The van der Waals surface area contributed by atoms with E-state index in [0.717, 1.165) is 16.8 Å². The van der Waals surface area contributed by atoms with Crippen LogP contribution in [-0.4, -0.2) is 54.6 Å². The monoisotopic (exact) mass is 323 g/mol. The zero-order valence-electron chi connectivity index (χ0n) is 10.5. The number of aliphatic hydroxyl groups excluding tert-OH is 2. The zero-order valence-corrected chi connectivity index (χ0v) is 11.4. The highest BCUT2D eigenvalue weighted by atomic mass is 31.2. The van der Waals surface area contributed by atoms with Gasteiger partial charge in [0.2, 0.25) is 0 Å². The topological polar surface area (TPSA) is 159 Å². The molecule has 0 spiro atoms. The lowest BCUT2D eigenvalue weighted by Crippen LogP contribution is -2.35. The fourth-order valence-corrected chi connectivity index (χ4v) is 2.30. The molecule has 1 saturated heterocycles. The molecule has 1 aromatic heterocycles. The summed E-state index contributed by atoms with van der Waals surface area (Å²) in [6.45, 7) is -0.661. The van der Waals surface area contributed by atoms with Crippen molar-refractivity contribution in [2.45, 2.75) is 24.5 Å². The molecule has 5 N–H and O–H groups in total. The molecule has 10 nitrogen and oxygen atoms in total. The standard InChI is InChI=1S/C10H14NO9P/c12-5-1-2-11(7(13)3-5)10-9(15)8(14)6(20-10)4-19-21(16,17)18/h1-3,6,8-10,12,14-15H,4H2,(H2,16,17,18)/t6-,8-,9-,10-/m1/s1. The van der Waals surface area contributed by atoms with E-state index in [2.05, 4.69) is 4.52 Å². The molecule has 11 heteroatoms. The van der Waals surface area contributed by atoms with Crippen LogP contribution < -0.4 is 5.56 Å². The maximum Gasteiger partial charge on any atom is 0.469 e. The van der Waals surface area contributed by atoms with E-state index in [0.29, 0.717) is 0 Å². The Kier molecular flexibility index (Phi) is 4.49. The number of rotatable bonds is 4. The van der Waals surface area contributed by atoms with Crippen molar-refractivity contribution < 1.29 is 38.9 Å². The molecule has 1 fully saturated rings. The number of phosphoric ester groups is 1. The van der Waals surface area contributed by atoms with E-state index in [1.54, 1.807) is 0 Å². The van der Waals surface area contributed by atoms with E-state index in [-0.39, 0.29) is 5.75 Å². The summed E-state index contributed by atoms with van der Waals surface area (Å²) in [6.07, 6.45) is -4.33. The molecule has 2 heterocycles. The van der Waals surface area contributed by atoms with Crippen LogP contribution in [0, 0.1) is 0 Å². The molecule has 0 bridgehead atoms. The molecular weight excluding hydrogens is 309 g/mol. The van der Waals surface area contributed by atoms with Crippen LogP contribution in [0.4, 0.5) is 0 Å². The van der Waals surface area contributed by atoms with Gasteiger partial charge in [0.05, 0.1) is 6.61 Å². The van der Waals surface area contributed by atoms with Gasteiger partial charge in [-0.3, -0.25) is 13.9 Å². The Labute approximate surface area is 118 Å². The van der Waals surface area contributed by atoms with Crippen LogP contribution in [0.5, 0.6) is 5.75 Å². The van der Waals surface area contributed by atoms with Gasteiger partial charge in [0.1, 0.15) is 24.1 Å². The van der Waals surface area contributed by atoms with Gasteiger partial charge in [0.15, 0.2) is 6.23 Å². The second-order valence-electron chi connectivity index (χ2n) is 4.46. The normalized spacial score (nSPS) is 29.7. The van der Waals surface area contributed by atoms with Crippen LogP contribution in [0.15, 0.2) is 23.1 Å². The Hall–Kier alpha value is -1.26. The highest BCUT2D eigenvalue weighted by molar-refractivity contribution is 7.46. The molecule has 1 aromatic rings. The molecule has 0 unspecified atom stereocenters. The average molecular weight is 323 g/mol. The first kappa shape index (κ1) is 16.1. The van der Waals surface area contributed by atoms with Crippen LogP contribution in [-0.2, 0) is 13.8 Å². The Balaban J connectivity index is 2.16. The summed E-state index contributed by atoms with van der Waals surface area (Å²) in [5, 5.41) is 28.8. The van der Waals surface area contributed by atoms with Crippen molar-refractivity contribution in [1.82, 2.24) is 4.57 Å². The van der Waals surface area contributed by atoms with Gasteiger partial charge in [0.25, 0.3) is 5.56 Å². The Morgan fingerprint density at radius 2 is 2.00 bits per heavy atom. The Morgan fingerprint density at radius 3 is 2.57 bits per heavy atom. The van der Waals surface area contributed by atoms with Gasteiger partial charge in [-0.1, -0.05) is 0 Å². The molecule has 0 aliphatic carbocycles. The van der Waals surface area contributed by atoms with Gasteiger partial charge in [-0.15, -0.1) is 0 Å². The number of pyridine rings is 1. The first-order valence-electron chi connectivity index (χ1n) is 5.82. The molecule has 1 aliphatic rings. The molecule has 21 heavy (non-hydrogen) atoms. The number of ether oxygens (including phenoxy) is 1. The predicted octanol–water partition coefficient (Wildman–Crippen LogP) is -1.72. The van der Waals surface area contributed by atoms with Crippen molar-refractivity contribution in [1.29, 1.82) is 0 Å². The molecule has 0 saturated carbocycles. The van der Waals surface area contributed by atoms with Crippen LogP contribution >= 0.6 is 7.82 Å².